The summed E-state index contributed by atoms with van der Waals surface area (Å²) in [4.78, 5) is 21.5. The molecule has 0 saturated carbocycles. The lowest BCUT2D eigenvalue weighted by molar-refractivity contribution is -0.385. The lowest BCUT2D eigenvalue weighted by Gasteiger charge is -2.15. The Kier molecular flexibility index (Phi) is 5.69. The molecule has 1 aromatic rings. The molecule has 1 amide bonds. The average Bonchev–Trinajstić information content (AvgIpc) is 2.36. The number of nitrogens with zero attached hydrogens (tertiary/aromatic N) is 1. The summed E-state index contributed by atoms with van der Waals surface area (Å²) in [7, 11) is 0. The van der Waals surface area contributed by atoms with E-state index in [-0.39, 0.29) is 12.2 Å². The van der Waals surface area contributed by atoms with E-state index in [2.05, 4.69) is 10.1 Å². The summed E-state index contributed by atoms with van der Waals surface area (Å²) in [6.07, 6.45) is -4.45. The quantitative estimate of drug-likeness (QED) is 0.616. The van der Waals surface area contributed by atoms with Gasteiger partial charge in [-0.15, -0.1) is 0 Å². The molecular formula is C12H13F3N2O5. The molecule has 0 aromatic heterocycles. The molecule has 0 heterocycles. The van der Waals surface area contributed by atoms with E-state index < -0.39 is 41.1 Å². The Hall–Kier alpha value is -2.36. The topological polar surface area (TPSA) is 102 Å². The molecule has 22 heavy (non-hydrogen) atoms. The Morgan fingerprint density at radius 1 is 1.50 bits per heavy atom. The Morgan fingerprint density at radius 3 is 2.64 bits per heavy atom. The average molecular weight is 322 g/mol. The number of aromatic hydroxyl groups is 1. The summed E-state index contributed by atoms with van der Waals surface area (Å²) in [6, 6.07) is 2.26. The van der Waals surface area contributed by atoms with Gasteiger partial charge in [0.1, 0.15) is 6.61 Å². The SMILES string of the molecule is C[C@H](COCC(F)(F)F)NC(=O)c1ccc([N+](=O)[O-])c(O)c1. The molecule has 0 aliphatic carbocycles. The van der Waals surface area contributed by atoms with Crippen molar-refractivity contribution in [1.29, 1.82) is 0 Å². The van der Waals surface area contributed by atoms with Crippen molar-refractivity contribution in [3.63, 3.8) is 0 Å². The van der Waals surface area contributed by atoms with Crippen molar-refractivity contribution in [2.24, 2.45) is 0 Å². The number of carbonyl (C=O) groups is 1. The maximum Gasteiger partial charge on any atom is 0.411 e. The largest absolute Gasteiger partial charge is 0.502 e. The first-order chi connectivity index (χ1) is 10.1. The first-order valence-corrected chi connectivity index (χ1v) is 6.03. The smallest absolute Gasteiger partial charge is 0.411 e. The number of amides is 1. The maximum atomic E-state index is 11.9. The number of phenolic OH excluding ortho intramolecular Hbond substituents is 1. The van der Waals surface area contributed by atoms with E-state index in [9.17, 15) is 33.2 Å². The molecule has 0 saturated heterocycles. The van der Waals surface area contributed by atoms with Crippen LogP contribution in [0.2, 0.25) is 0 Å². The number of benzene rings is 1. The second-order valence-corrected chi connectivity index (χ2v) is 4.47. The predicted octanol–water partition coefficient (Wildman–Crippen LogP) is 2.00. The van der Waals surface area contributed by atoms with Crippen molar-refractivity contribution < 1.29 is 32.7 Å². The minimum Gasteiger partial charge on any atom is -0.502 e. The van der Waals surface area contributed by atoms with E-state index >= 15 is 0 Å². The maximum absolute atomic E-state index is 11.9. The summed E-state index contributed by atoms with van der Waals surface area (Å²) in [5, 5.41) is 22.3. The van der Waals surface area contributed by atoms with Crippen molar-refractivity contribution >= 4 is 11.6 Å². The predicted molar refractivity (Wildman–Crippen MR) is 68.6 cm³/mol. The summed E-state index contributed by atoms with van der Waals surface area (Å²) in [5.41, 5.74) is -0.621. The summed E-state index contributed by atoms with van der Waals surface area (Å²) in [5.74, 6) is -1.38. The highest BCUT2D eigenvalue weighted by Gasteiger charge is 2.27. The fraction of sp³-hybridized carbons (Fsp3) is 0.417. The molecular weight excluding hydrogens is 309 g/mol. The third-order valence-corrected chi connectivity index (χ3v) is 2.45. The molecule has 0 bridgehead atoms. The van der Waals surface area contributed by atoms with Gasteiger partial charge in [0.25, 0.3) is 5.91 Å². The van der Waals surface area contributed by atoms with Gasteiger partial charge in [0.05, 0.1) is 11.5 Å². The zero-order chi connectivity index (χ0) is 16.9. The molecule has 10 heteroatoms. The Balaban J connectivity index is 2.58. The van der Waals surface area contributed by atoms with E-state index in [0.29, 0.717) is 0 Å². The lowest BCUT2D eigenvalue weighted by atomic mass is 10.1. The molecule has 0 aliphatic heterocycles. The van der Waals surface area contributed by atoms with Gasteiger partial charge in [0.2, 0.25) is 0 Å². The number of nitro groups is 1. The van der Waals surface area contributed by atoms with Gasteiger partial charge in [-0.2, -0.15) is 13.2 Å². The fourth-order valence-electron chi connectivity index (χ4n) is 1.52. The number of nitrogens with one attached hydrogen (secondary N) is 1. The normalized spacial score (nSPS) is 12.7. The second kappa shape index (κ2) is 7.07. The van der Waals surface area contributed by atoms with Crippen LogP contribution in [0.5, 0.6) is 5.75 Å². The van der Waals surface area contributed by atoms with Gasteiger partial charge in [0.15, 0.2) is 5.75 Å². The molecule has 0 aliphatic rings. The fourth-order valence-corrected chi connectivity index (χ4v) is 1.52. The van der Waals surface area contributed by atoms with Gasteiger partial charge in [-0.3, -0.25) is 14.9 Å². The van der Waals surface area contributed by atoms with Crippen molar-refractivity contribution in [2.45, 2.75) is 19.1 Å². The van der Waals surface area contributed by atoms with Crippen molar-refractivity contribution in [1.82, 2.24) is 5.32 Å². The number of rotatable bonds is 6. The Labute approximate surface area is 122 Å². The van der Waals surface area contributed by atoms with Crippen LogP contribution in [0, 0.1) is 10.1 Å². The monoisotopic (exact) mass is 322 g/mol. The van der Waals surface area contributed by atoms with E-state index in [1.807, 2.05) is 0 Å². The van der Waals surface area contributed by atoms with Crippen molar-refractivity contribution in [3.05, 3.63) is 33.9 Å². The Morgan fingerprint density at radius 2 is 2.14 bits per heavy atom. The van der Waals surface area contributed by atoms with Crippen molar-refractivity contribution in [3.8, 4) is 5.75 Å². The number of hydrogen-bond donors (Lipinski definition) is 2. The van der Waals surface area contributed by atoms with E-state index in [1.165, 1.54) is 6.92 Å². The minimum atomic E-state index is -4.45. The highest BCUT2D eigenvalue weighted by molar-refractivity contribution is 5.95. The number of carbonyl (C=O) groups excluding carboxylic acids is 1. The number of phenols is 1. The number of ether oxygens (including phenoxy) is 1. The van der Waals surface area contributed by atoms with Gasteiger partial charge >= 0.3 is 11.9 Å². The third kappa shape index (κ3) is 5.56. The molecule has 1 aromatic carbocycles. The number of hydrogen-bond acceptors (Lipinski definition) is 5. The van der Waals surface area contributed by atoms with Gasteiger partial charge in [-0.25, -0.2) is 0 Å². The van der Waals surface area contributed by atoms with Gasteiger partial charge in [-0.1, -0.05) is 0 Å². The van der Waals surface area contributed by atoms with E-state index in [0.717, 1.165) is 18.2 Å². The summed E-state index contributed by atoms with van der Waals surface area (Å²) >= 11 is 0. The van der Waals surface area contributed by atoms with Gasteiger partial charge < -0.3 is 15.2 Å². The zero-order valence-electron chi connectivity index (χ0n) is 11.4. The van der Waals surface area contributed by atoms with Crippen LogP contribution < -0.4 is 5.32 Å². The van der Waals surface area contributed by atoms with Crippen LogP contribution >= 0.6 is 0 Å². The minimum absolute atomic E-state index is 0.0641. The zero-order valence-corrected chi connectivity index (χ0v) is 11.4. The van der Waals surface area contributed by atoms with Crippen LogP contribution in [0.15, 0.2) is 18.2 Å². The Bertz CT molecular complexity index is 562. The van der Waals surface area contributed by atoms with Crippen LogP contribution in [0.25, 0.3) is 0 Å². The molecule has 1 atom stereocenters. The van der Waals surface area contributed by atoms with Crippen LogP contribution in [0.4, 0.5) is 18.9 Å². The van der Waals surface area contributed by atoms with Gasteiger partial charge in [-0.05, 0) is 19.1 Å². The number of nitro benzene ring substituents is 1. The molecule has 0 unspecified atom stereocenters. The highest BCUT2D eigenvalue weighted by atomic mass is 19.4. The van der Waals surface area contributed by atoms with Crippen molar-refractivity contribution in [2.75, 3.05) is 13.2 Å². The molecule has 0 spiro atoms. The second-order valence-electron chi connectivity index (χ2n) is 4.47. The first kappa shape index (κ1) is 17.7. The number of alkyl halides is 3. The van der Waals surface area contributed by atoms with Crippen LogP contribution in [-0.4, -0.2) is 41.4 Å². The van der Waals surface area contributed by atoms with Crippen LogP contribution in [0.3, 0.4) is 0 Å². The van der Waals surface area contributed by atoms with E-state index in [1.54, 1.807) is 0 Å². The van der Waals surface area contributed by atoms with Gasteiger partial charge in [0, 0.05) is 17.7 Å². The molecule has 1 rings (SSSR count). The highest BCUT2D eigenvalue weighted by Crippen LogP contribution is 2.26. The standard InChI is InChI=1S/C12H13F3N2O5/c1-7(5-22-6-12(13,14)15)16-11(19)8-2-3-9(17(20)21)10(18)4-8/h2-4,7,18H,5-6H2,1H3,(H,16,19)/t7-/m1/s1. The molecule has 0 fully saturated rings. The summed E-state index contributed by atoms with van der Waals surface area (Å²) < 4.78 is 40.1. The third-order valence-electron chi connectivity index (χ3n) is 2.45. The van der Waals surface area contributed by atoms with Crippen LogP contribution in [0.1, 0.15) is 17.3 Å². The molecule has 7 nitrogen and oxygen atoms in total. The summed E-state index contributed by atoms with van der Waals surface area (Å²) in [6.45, 7) is -0.352. The number of halogens is 3. The first-order valence-electron chi connectivity index (χ1n) is 6.03. The van der Waals surface area contributed by atoms with E-state index in [4.69, 9.17) is 0 Å². The van der Waals surface area contributed by atoms with Crippen LogP contribution in [-0.2, 0) is 4.74 Å². The lowest BCUT2D eigenvalue weighted by Crippen LogP contribution is -2.36. The molecule has 122 valence electrons. The molecule has 0 radical (unpaired) electrons. The molecule has 2 N–H and O–H groups in total.